The molecule has 6 nitrogen and oxygen atoms in total. The number of nitrogens with one attached hydrogen (secondary N) is 1. The van der Waals surface area contributed by atoms with Crippen LogP contribution in [0.15, 0.2) is 18.2 Å². The number of hydrogen-bond acceptors (Lipinski definition) is 3. The molecule has 8 heteroatoms. The zero-order valence-electron chi connectivity index (χ0n) is 14.3. The molecule has 1 aliphatic heterocycles. The van der Waals surface area contributed by atoms with Gasteiger partial charge >= 0.3 is 5.97 Å². The molecule has 0 atom stereocenters. The highest BCUT2D eigenvalue weighted by molar-refractivity contribution is 6.31. The molecule has 1 aliphatic rings. The normalized spacial score (nSPS) is 14.9. The topological polar surface area (TPSA) is 86.7 Å². The van der Waals surface area contributed by atoms with E-state index < -0.39 is 11.8 Å². The Kier molecular flexibility index (Phi) is 7.38. The second-order valence-electron chi connectivity index (χ2n) is 6.37. The molecule has 1 aromatic carbocycles. The highest BCUT2D eigenvalue weighted by atomic mass is 35.5. The van der Waals surface area contributed by atoms with Crippen LogP contribution < -0.4 is 5.32 Å². The van der Waals surface area contributed by atoms with Crippen LogP contribution >= 0.6 is 11.6 Å². The van der Waals surface area contributed by atoms with E-state index in [1.54, 1.807) is 4.90 Å². The van der Waals surface area contributed by atoms with Gasteiger partial charge < -0.3 is 15.3 Å². The van der Waals surface area contributed by atoms with Crippen molar-refractivity contribution in [1.29, 1.82) is 0 Å². The summed E-state index contributed by atoms with van der Waals surface area (Å²) >= 11 is 5.70. The first-order chi connectivity index (χ1) is 12.4. The van der Waals surface area contributed by atoms with Crippen molar-refractivity contribution in [3.05, 3.63) is 29.0 Å². The van der Waals surface area contributed by atoms with Gasteiger partial charge in [-0.3, -0.25) is 14.4 Å². The van der Waals surface area contributed by atoms with E-state index in [1.165, 1.54) is 18.2 Å². The molecular weight excluding hydrogens is 363 g/mol. The van der Waals surface area contributed by atoms with Gasteiger partial charge in [-0.05, 0) is 43.9 Å². The van der Waals surface area contributed by atoms with Gasteiger partial charge in [0.1, 0.15) is 5.82 Å². The van der Waals surface area contributed by atoms with E-state index in [2.05, 4.69) is 5.32 Å². The third-order valence-electron chi connectivity index (χ3n) is 4.44. The number of anilines is 1. The Morgan fingerprint density at radius 2 is 1.85 bits per heavy atom. The molecular formula is C18H22ClFN2O4. The minimum Gasteiger partial charge on any atom is -0.481 e. The Morgan fingerprint density at radius 3 is 2.46 bits per heavy atom. The van der Waals surface area contributed by atoms with E-state index in [-0.39, 0.29) is 29.2 Å². The van der Waals surface area contributed by atoms with Crippen LogP contribution in [0.25, 0.3) is 0 Å². The van der Waals surface area contributed by atoms with Crippen molar-refractivity contribution >= 4 is 35.1 Å². The summed E-state index contributed by atoms with van der Waals surface area (Å²) in [6.07, 6.45) is 2.56. The molecule has 26 heavy (non-hydrogen) atoms. The Labute approximate surface area is 156 Å². The number of nitrogens with zero attached hydrogens (tertiary/aromatic N) is 1. The third-order valence-corrected chi connectivity index (χ3v) is 4.73. The Morgan fingerprint density at radius 1 is 1.19 bits per heavy atom. The Balaban J connectivity index is 1.74. The highest BCUT2D eigenvalue weighted by Crippen LogP contribution is 2.23. The van der Waals surface area contributed by atoms with Crippen molar-refractivity contribution < 1.29 is 23.9 Å². The molecule has 2 rings (SSSR count). The fourth-order valence-electron chi connectivity index (χ4n) is 2.92. The quantitative estimate of drug-likeness (QED) is 0.706. The zero-order valence-corrected chi connectivity index (χ0v) is 15.1. The summed E-state index contributed by atoms with van der Waals surface area (Å²) in [4.78, 5) is 36.6. The minimum atomic E-state index is -0.855. The first kappa shape index (κ1) is 20.2. The monoisotopic (exact) mass is 384 g/mol. The number of hydrogen-bond donors (Lipinski definition) is 2. The maximum Gasteiger partial charge on any atom is 0.303 e. The number of amides is 2. The number of piperidine rings is 1. The Hall–Kier alpha value is -2.15. The van der Waals surface area contributed by atoms with Gasteiger partial charge in [-0.25, -0.2) is 4.39 Å². The molecule has 0 aromatic heterocycles. The number of carboxylic acids is 1. The number of aliphatic carboxylic acids is 1. The molecule has 142 valence electrons. The molecule has 0 saturated carbocycles. The van der Waals surface area contributed by atoms with Crippen LogP contribution in [0.5, 0.6) is 0 Å². The predicted octanol–water partition coefficient (Wildman–Crippen LogP) is 3.30. The van der Waals surface area contributed by atoms with Crippen molar-refractivity contribution in [2.75, 3.05) is 18.4 Å². The van der Waals surface area contributed by atoms with Crippen molar-refractivity contribution in [3.8, 4) is 0 Å². The lowest BCUT2D eigenvalue weighted by molar-refractivity contribution is -0.138. The van der Waals surface area contributed by atoms with Gasteiger partial charge in [0.05, 0.1) is 5.02 Å². The van der Waals surface area contributed by atoms with Gasteiger partial charge in [-0.2, -0.15) is 0 Å². The van der Waals surface area contributed by atoms with E-state index >= 15 is 0 Å². The van der Waals surface area contributed by atoms with E-state index in [0.717, 1.165) is 0 Å². The molecule has 0 radical (unpaired) electrons. The molecule has 1 aromatic rings. The number of unbranched alkanes of at least 4 members (excludes halogenated alkanes) is 1. The molecule has 0 spiro atoms. The summed E-state index contributed by atoms with van der Waals surface area (Å²) in [7, 11) is 0. The van der Waals surface area contributed by atoms with Gasteiger partial charge in [-0.1, -0.05) is 11.6 Å². The van der Waals surface area contributed by atoms with Gasteiger partial charge in [0, 0.05) is 37.5 Å². The van der Waals surface area contributed by atoms with Crippen LogP contribution in [-0.2, 0) is 14.4 Å². The first-order valence-corrected chi connectivity index (χ1v) is 9.00. The molecule has 2 N–H and O–H groups in total. The van der Waals surface area contributed by atoms with E-state index in [9.17, 15) is 18.8 Å². The zero-order chi connectivity index (χ0) is 19.1. The van der Waals surface area contributed by atoms with Crippen molar-refractivity contribution in [1.82, 2.24) is 4.90 Å². The maximum atomic E-state index is 13.1. The molecule has 1 saturated heterocycles. The van der Waals surface area contributed by atoms with Crippen LogP contribution in [0.3, 0.4) is 0 Å². The Bertz CT molecular complexity index is 675. The lowest BCUT2D eigenvalue weighted by Gasteiger charge is -2.31. The summed E-state index contributed by atoms with van der Waals surface area (Å²) in [5, 5.41) is 11.3. The van der Waals surface area contributed by atoms with E-state index in [4.69, 9.17) is 16.7 Å². The number of halogens is 2. The molecule has 0 unspecified atom stereocenters. The smallest absolute Gasteiger partial charge is 0.303 e. The van der Waals surface area contributed by atoms with E-state index in [1.807, 2.05) is 0 Å². The van der Waals surface area contributed by atoms with Crippen LogP contribution in [0, 0.1) is 11.7 Å². The number of carbonyl (C=O) groups excluding carboxylic acids is 2. The summed E-state index contributed by atoms with van der Waals surface area (Å²) in [5.41, 5.74) is 0.443. The SMILES string of the molecule is O=C(O)CCCCC(=O)N1CCC(C(=O)Nc2ccc(F)c(Cl)c2)CC1. The minimum absolute atomic E-state index is 0.000404. The average molecular weight is 385 g/mol. The molecule has 0 aliphatic carbocycles. The van der Waals surface area contributed by atoms with Gasteiger partial charge in [-0.15, -0.1) is 0 Å². The third kappa shape index (κ3) is 5.98. The van der Waals surface area contributed by atoms with Crippen molar-refractivity contribution in [2.24, 2.45) is 5.92 Å². The number of likely N-dealkylation sites (tertiary alicyclic amines) is 1. The number of rotatable bonds is 7. The van der Waals surface area contributed by atoms with Crippen LogP contribution in [-0.4, -0.2) is 40.9 Å². The van der Waals surface area contributed by atoms with E-state index in [0.29, 0.717) is 50.9 Å². The molecule has 1 fully saturated rings. The summed E-state index contributed by atoms with van der Waals surface area (Å²) in [5.74, 6) is -1.78. The second kappa shape index (κ2) is 9.52. The van der Waals surface area contributed by atoms with Crippen LogP contribution in [0.1, 0.15) is 38.5 Å². The number of benzene rings is 1. The first-order valence-electron chi connectivity index (χ1n) is 8.62. The molecule has 1 heterocycles. The van der Waals surface area contributed by atoms with Crippen molar-refractivity contribution in [2.45, 2.75) is 38.5 Å². The molecule has 2 amide bonds. The number of carbonyl (C=O) groups is 3. The lowest BCUT2D eigenvalue weighted by Crippen LogP contribution is -2.41. The predicted molar refractivity (Wildman–Crippen MR) is 95.4 cm³/mol. The van der Waals surface area contributed by atoms with Gasteiger partial charge in [0.2, 0.25) is 11.8 Å². The highest BCUT2D eigenvalue weighted by Gasteiger charge is 2.27. The van der Waals surface area contributed by atoms with Gasteiger partial charge in [0.15, 0.2) is 0 Å². The maximum absolute atomic E-state index is 13.1. The molecule has 0 bridgehead atoms. The van der Waals surface area contributed by atoms with Crippen molar-refractivity contribution in [3.63, 3.8) is 0 Å². The van der Waals surface area contributed by atoms with Gasteiger partial charge in [0.25, 0.3) is 0 Å². The van der Waals surface area contributed by atoms with Crippen LogP contribution in [0.4, 0.5) is 10.1 Å². The largest absolute Gasteiger partial charge is 0.481 e. The fourth-order valence-corrected chi connectivity index (χ4v) is 3.10. The second-order valence-corrected chi connectivity index (χ2v) is 6.78. The van der Waals surface area contributed by atoms with Crippen LogP contribution in [0.2, 0.25) is 5.02 Å². The average Bonchev–Trinajstić information content (AvgIpc) is 2.61. The lowest BCUT2D eigenvalue weighted by atomic mass is 9.95. The fraction of sp³-hybridized carbons (Fsp3) is 0.500. The summed E-state index contributed by atoms with van der Waals surface area (Å²) < 4.78 is 13.1. The summed E-state index contributed by atoms with van der Waals surface area (Å²) in [6.45, 7) is 1.00. The summed E-state index contributed by atoms with van der Waals surface area (Å²) in [6, 6.07) is 4.02. The standard InChI is InChI=1S/C18H22ClFN2O4/c19-14-11-13(5-6-15(14)20)21-18(26)12-7-9-22(10-8-12)16(23)3-1-2-4-17(24)25/h5-6,11-12H,1-4,7-10H2,(H,21,26)(H,24,25). The number of carboxylic acid groups (broad SMARTS) is 1.